The molecular formula is C22H26N4O. The zero-order valence-corrected chi connectivity index (χ0v) is 15.8. The first-order valence-electron chi connectivity index (χ1n) is 9.90. The molecule has 140 valence electrons. The maximum Gasteiger partial charge on any atom is 0.234 e. The summed E-state index contributed by atoms with van der Waals surface area (Å²) in [6.45, 7) is 1.96. The van der Waals surface area contributed by atoms with E-state index in [0.29, 0.717) is 12.2 Å². The topological polar surface area (TPSA) is 59.3 Å². The van der Waals surface area contributed by atoms with Crippen LogP contribution in [-0.4, -0.2) is 20.3 Å². The smallest absolute Gasteiger partial charge is 0.234 e. The Labute approximate surface area is 159 Å². The maximum absolute atomic E-state index is 12.2. The number of benzene rings is 1. The van der Waals surface area contributed by atoms with Crippen molar-refractivity contribution < 1.29 is 4.79 Å². The quantitative estimate of drug-likeness (QED) is 0.694. The fourth-order valence-corrected chi connectivity index (χ4v) is 3.86. The highest BCUT2D eigenvalue weighted by Crippen LogP contribution is 2.27. The number of nitrogens with zero attached hydrogens (tertiary/aromatic N) is 3. The minimum Gasteiger partial charge on any atom is -0.326 e. The van der Waals surface area contributed by atoms with Gasteiger partial charge in [0.05, 0.1) is 5.69 Å². The van der Waals surface area contributed by atoms with Crippen molar-refractivity contribution in [3.05, 3.63) is 48.4 Å². The van der Waals surface area contributed by atoms with Crippen molar-refractivity contribution in [2.45, 2.75) is 51.9 Å². The molecule has 0 spiro atoms. The Morgan fingerprint density at radius 2 is 1.89 bits per heavy atom. The predicted octanol–water partition coefficient (Wildman–Crippen LogP) is 5.00. The molecule has 2 heterocycles. The third kappa shape index (κ3) is 4.35. The van der Waals surface area contributed by atoms with E-state index in [1.807, 2.05) is 54.0 Å². The fourth-order valence-electron chi connectivity index (χ4n) is 3.86. The van der Waals surface area contributed by atoms with E-state index >= 15 is 0 Å². The Hall–Kier alpha value is -2.69. The highest BCUT2D eigenvalue weighted by molar-refractivity contribution is 5.90. The summed E-state index contributed by atoms with van der Waals surface area (Å²) in [6.07, 6.45) is 12.1. The van der Waals surface area contributed by atoms with Crippen molar-refractivity contribution in [2.75, 3.05) is 5.32 Å². The number of carbonyl (C=O) groups is 1. The second-order valence-electron chi connectivity index (χ2n) is 7.57. The molecule has 0 radical (unpaired) electrons. The van der Waals surface area contributed by atoms with Crippen molar-refractivity contribution in [2.24, 2.45) is 5.92 Å². The van der Waals surface area contributed by atoms with Gasteiger partial charge in [0.15, 0.2) is 0 Å². The van der Waals surface area contributed by atoms with E-state index in [2.05, 4.69) is 15.3 Å². The SMILES string of the molecule is Cc1ccn2cc(-c3ccc(NC(=O)CCC4CCCCC4)cc3)nc2n1. The van der Waals surface area contributed by atoms with E-state index in [4.69, 9.17) is 0 Å². The number of fused-ring (bicyclic) bond motifs is 1. The molecule has 0 bridgehead atoms. The number of amides is 1. The van der Waals surface area contributed by atoms with Crippen LogP contribution in [0.25, 0.3) is 17.0 Å². The molecule has 1 aliphatic carbocycles. The van der Waals surface area contributed by atoms with Crippen LogP contribution in [0.5, 0.6) is 0 Å². The van der Waals surface area contributed by atoms with Crippen LogP contribution in [0.4, 0.5) is 5.69 Å². The summed E-state index contributed by atoms with van der Waals surface area (Å²) in [7, 11) is 0. The van der Waals surface area contributed by atoms with Gasteiger partial charge in [0.2, 0.25) is 11.7 Å². The molecular weight excluding hydrogens is 336 g/mol. The second-order valence-corrected chi connectivity index (χ2v) is 7.57. The first kappa shape index (κ1) is 17.7. The molecule has 1 saturated carbocycles. The normalized spacial score (nSPS) is 15.1. The lowest BCUT2D eigenvalue weighted by Crippen LogP contribution is -2.14. The molecule has 0 atom stereocenters. The number of hydrogen-bond acceptors (Lipinski definition) is 3. The Morgan fingerprint density at radius 1 is 1.11 bits per heavy atom. The third-order valence-corrected chi connectivity index (χ3v) is 5.43. The van der Waals surface area contributed by atoms with Gasteiger partial charge < -0.3 is 5.32 Å². The monoisotopic (exact) mass is 362 g/mol. The third-order valence-electron chi connectivity index (χ3n) is 5.43. The van der Waals surface area contributed by atoms with Gasteiger partial charge in [-0.05, 0) is 37.5 Å². The van der Waals surface area contributed by atoms with Crippen molar-refractivity contribution >= 4 is 17.4 Å². The van der Waals surface area contributed by atoms with Crippen LogP contribution in [0.3, 0.4) is 0 Å². The summed E-state index contributed by atoms with van der Waals surface area (Å²) in [5.41, 5.74) is 3.68. The van der Waals surface area contributed by atoms with Crippen LogP contribution < -0.4 is 5.32 Å². The Balaban J connectivity index is 1.37. The van der Waals surface area contributed by atoms with Crippen molar-refractivity contribution in [3.63, 3.8) is 0 Å². The second kappa shape index (κ2) is 7.91. The van der Waals surface area contributed by atoms with E-state index in [9.17, 15) is 4.79 Å². The number of aryl methyl sites for hydroxylation is 1. The first-order valence-corrected chi connectivity index (χ1v) is 9.90. The zero-order valence-electron chi connectivity index (χ0n) is 15.8. The van der Waals surface area contributed by atoms with Crippen LogP contribution in [-0.2, 0) is 4.79 Å². The standard InChI is InChI=1S/C22H26N4O/c1-16-13-14-26-15-20(25-22(26)23-16)18-8-10-19(11-9-18)24-21(27)12-7-17-5-3-2-4-6-17/h8-11,13-15,17H,2-7,12H2,1H3,(H,24,27). The number of anilines is 1. The Bertz CT molecular complexity index is 923. The molecule has 1 N–H and O–H groups in total. The van der Waals surface area contributed by atoms with Crippen LogP contribution in [0.2, 0.25) is 0 Å². The average Bonchev–Trinajstić information content (AvgIpc) is 3.11. The first-order chi connectivity index (χ1) is 13.2. The molecule has 3 aromatic rings. The van der Waals surface area contributed by atoms with Gasteiger partial charge in [0.1, 0.15) is 0 Å². The number of carbonyl (C=O) groups excluding carboxylic acids is 1. The van der Waals surface area contributed by atoms with E-state index in [1.165, 1.54) is 32.1 Å². The summed E-state index contributed by atoms with van der Waals surface area (Å²) in [4.78, 5) is 21.2. The van der Waals surface area contributed by atoms with Crippen LogP contribution in [0.1, 0.15) is 50.6 Å². The molecule has 4 rings (SSSR count). The molecule has 5 nitrogen and oxygen atoms in total. The Morgan fingerprint density at radius 3 is 2.67 bits per heavy atom. The molecule has 1 aromatic carbocycles. The van der Waals surface area contributed by atoms with Gasteiger partial charge in [-0.25, -0.2) is 9.97 Å². The van der Waals surface area contributed by atoms with Crippen LogP contribution in [0.15, 0.2) is 42.7 Å². The van der Waals surface area contributed by atoms with Gasteiger partial charge in [-0.15, -0.1) is 0 Å². The zero-order chi connectivity index (χ0) is 18.6. The highest BCUT2D eigenvalue weighted by Gasteiger charge is 2.15. The molecule has 5 heteroatoms. The molecule has 1 amide bonds. The van der Waals surface area contributed by atoms with Crippen molar-refractivity contribution in [3.8, 4) is 11.3 Å². The van der Waals surface area contributed by atoms with Gasteiger partial charge in [0.25, 0.3) is 0 Å². The lowest BCUT2D eigenvalue weighted by molar-refractivity contribution is -0.116. The molecule has 0 aliphatic heterocycles. The highest BCUT2D eigenvalue weighted by atomic mass is 16.1. The number of imidazole rings is 1. The van der Waals surface area contributed by atoms with Gasteiger partial charge in [-0.2, -0.15) is 0 Å². The molecule has 0 saturated heterocycles. The molecule has 0 unspecified atom stereocenters. The van der Waals surface area contributed by atoms with Gasteiger partial charge in [-0.3, -0.25) is 9.20 Å². The van der Waals surface area contributed by atoms with E-state index in [-0.39, 0.29) is 5.91 Å². The fraction of sp³-hybridized carbons (Fsp3) is 0.409. The minimum absolute atomic E-state index is 0.112. The maximum atomic E-state index is 12.2. The summed E-state index contributed by atoms with van der Waals surface area (Å²) in [6, 6.07) is 9.83. The lowest BCUT2D eigenvalue weighted by atomic mass is 9.86. The minimum atomic E-state index is 0.112. The van der Waals surface area contributed by atoms with Crippen molar-refractivity contribution in [1.82, 2.24) is 14.4 Å². The van der Waals surface area contributed by atoms with Crippen LogP contribution in [0, 0.1) is 12.8 Å². The number of hydrogen-bond donors (Lipinski definition) is 1. The molecule has 1 fully saturated rings. The molecule has 1 aliphatic rings. The van der Waals surface area contributed by atoms with E-state index in [1.54, 1.807) is 0 Å². The summed E-state index contributed by atoms with van der Waals surface area (Å²) < 4.78 is 1.92. The average molecular weight is 362 g/mol. The summed E-state index contributed by atoms with van der Waals surface area (Å²) in [5, 5.41) is 3.02. The van der Waals surface area contributed by atoms with Crippen molar-refractivity contribution in [1.29, 1.82) is 0 Å². The molecule has 27 heavy (non-hydrogen) atoms. The molecule has 2 aromatic heterocycles. The van der Waals surface area contributed by atoms with E-state index < -0.39 is 0 Å². The predicted molar refractivity (Wildman–Crippen MR) is 108 cm³/mol. The summed E-state index contributed by atoms with van der Waals surface area (Å²) >= 11 is 0. The van der Waals surface area contributed by atoms with Crippen LogP contribution >= 0.6 is 0 Å². The lowest BCUT2D eigenvalue weighted by Gasteiger charge is -2.21. The summed E-state index contributed by atoms with van der Waals surface area (Å²) in [5.74, 6) is 1.55. The number of nitrogens with one attached hydrogen (secondary N) is 1. The number of rotatable bonds is 5. The van der Waals surface area contributed by atoms with Gasteiger partial charge in [-0.1, -0.05) is 44.2 Å². The van der Waals surface area contributed by atoms with Gasteiger partial charge in [0, 0.05) is 35.8 Å². The Kier molecular flexibility index (Phi) is 5.19. The van der Waals surface area contributed by atoms with E-state index in [0.717, 1.165) is 35.0 Å². The number of aromatic nitrogens is 3. The van der Waals surface area contributed by atoms with Gasteiger partial charge >= 0.3 is 0 Å². The largest absolute Gasteiger partial charge is 0.326 e.